The fourth-order valence-corrected chi connectivity index (χ4v) is 2.99. The molecule has 0 aromatic heterocycles. The second kappa shape index (κ2) is 4.31. The highest BCUT2D eigenvalue weighted by Gasteiger charge is 2.40. The van der Waals surface area contributed by atoms with Crippen molar-refractivity contribution in [2.24, 2.45) is 0 Å². The molecule has 1 aliphatic heterocycles. The minimum Gasteiger partial charge on any atom is -0.290 e. The lowest BCUT2D eigenvalue weighted by molar-refractivity contribution is -0.314. The molecule has 17 heavy (non-hydrogen) atoms. The molecule has 1 aliphatic carbocycles. The summed E-state index contributed by atoms with van der Waals surface area (Å²) in [7, 11) is 0. The Morgan fingerprint density at radius 1 is 1.06 bits per heavy atom. The zero-order valence-corrected chi connectivity index (χ0v) is 9.85. The van der Waals surface area contributed by atoms with Crippen LogP contribution in [0, 0.1) is 0 Å². The van der Waals surface area contributed by atoms with Crippen LogP contribution in [-0.4, -0.2) is 12.2 Å². The van der Waals surface area contributed by atoms with Gasteiger partial charge in [-0.2, -0.15) is 0 Å². The zero-order valence-electron chi connectivity index (χ0n) is 9.85. The van der Waals surface area contributed by atoms with Gasteiger partial charge in [0.05, 0.1) is 6.61 Å². The largest absolute Gasteiger partial charge is 0.290 e. The Morgan fingerprint density at radius 3 is 2.35 bits per heavy atom. The van der Waals surface area contributed by atoms with Crippen LogP contribution in [0.3, 0.4) is 0 Å². The molecule has 1 saturated carbocycles. The van der Waals surface area contributed by atoms with Crippen molar-refractivity contribution in [3.63, 3.8) is 0 Å². The van der Waals surface area contributed by atoms with Crippen LogP contribution in [0.25, 0.3) is 0 Å². The minimum absolute atomic E-state index is 0.00499. The average molecular weight is 233 g/mol. The third kappa shape index (κ3) is 2.17. The first kappa shape index (κ1) is 11.1. The van der Waals surface area contributed by atoms with Gasteiger partial charge < -0.3 is 0 Å². The van der Waals surface area contributed by atoms with Gasteiger partial charge in [0.1, 0.15) is 5.60 Å². The first-order valence-corrected chi connectivity index (χ1v) is 6.35. The summed E-state index contributed by atoms with van der Waals surface area (Å²) in [5.41, 5.74) is 1.29. The fraction of sp³-hybridized carbons (Fsp3) is 0.571. The van der Waals surface area contributed by atoms with Gasteiger partial charge in [-0.3, -0.25) is 5.11 Å². The van der Waals surface area contributed by atoms with Crippen LogP contribution in [0.5, 0.6) is 5.75 Å². The summed E-state index contributed by atoms with van der Waals surface area (Å²) in [6.07, 6.45) is 5.41. The lowest BCUT2D eigenvalue weighted by Crippen LogP contribution is -2.32. The molecule has 3 rings (SSSR count). The smallest absolute Gasteiger partial charge is 0.178 e. The van der Waals surface area contributed by atoms with Crippen LogP contribution in [-0.2, 0) is 14.9 Å². The van der Waals surface area contributed by atoms with E-state index in [2.05, 4.69) is 0 Å². The second-order valence-corrected chi connectivity index (χ2v) is 5.18. The van der Waals surface area contributed by atoms with E-state index < -0.39 is 0 Å². The molecule has 1 spiro atoms. The second-order valence-electron chi connectivity index (χ2n) is 5.18. The van der Waals surface area contributed by atoms with Gasteiger partial charge in [-0.25, -0.2) is 9.78 Å². The van der Waals surface area contributed by atoms with E-state index in [0.29, 0.717) is 5.92 Å². The van der Waals surface area contributed by atoms with Crippen molar-refractivity contribution in [3.05, 3.63) is 29.8 Å². The molecule has 0 amide bonds. The molecule has 3 heteroatoms. The van der Waals surface area contributed by atoms with Crippen LogP contribution in [0.4, 0.5) is 0 Å². The Labute approximate surface area is 101 Å². The molecule has 0 atom stereocenters. The SMILES string of the molecule is [O]c1ccc(C2CCC3(CCOO3)CC2)cc1. The van der Waals surface area contributed by atoms with E-state index in [4.69, 9.17) is 9.78 Å². The maximum atomic E-state index is 11.1. The van der Waals surface area contributed by atoms with Crippen molar-refractivity contribution < 1.29 is 14.9 Å². The van der Waals surface area contributed by atoms with Gasteiger partial charge in [-0.15, -0.1) is 0 Å². The third-order valence-corrected chi connectivity index (χ3v) is 4.13. The summed E-state index contributed by atoms with van der Waals surface area (Å²) >= 11 is 0. The van der Waals surface area contributed by atoms with E-state index >= 15 is 0 Å². The fourth-order valence-electron chi connectivity index (χ4n) is 2.99. The van der Waals surface area contributed by atoms with Crippen molar-refractivity contribution in [3.8, 4) is 5.75 Å². The summed E-state index contributed by atoms with van der Waals surface area (Å²) in [5.74, 6) is 0.666. The molecule has 1 heterocycles. The Hall–Kier alpha value is -1.06. The van der Waals surface area contributed by atoms with E-state index in [9.17, 15) is 5.11 Å². The molecule has 2 fully saturated rings. The molecule has 1 aromatic rings. The van der Waals surface area contributed by atoms with Crippen molar-refractivity contribution >= 4 is 0 Å². The summed E-state index contributed by atoms with van der Waals surface area (Å²) in [5, 5.41) is 11.1. The summed E-state index contributed by atoms with van der Waals surface area (Å²) < 4.78 is 0. The Balaban J connectivity index is 1.66. The molecule has 0 bridgehead atoms. The van der Waals surface area contributed by atoms with Gasteiger partial charge in [0.2, 0.25) is 0 Å². The van der Waals surface area contributed by atoms with Gasteiger partial charge in [0, 0.05) is 6.42 Å². The summed E-state index contributed by atoms with van der Waals surface area (Å²) in [4.78, 5) is 10.5. The number of rotatable bonds is 1. The van der Waals surface area contributed by atoms with Crippen molar-refractivity contribution in [1.29, 1.82) is 0 Å². The highest BCUT2D eigenvalue weighted by Crippen LogP contribution is 2.43. The van der Waals surface area contributed by atoms with E-state index in [1.54, 1.807) is 12.1 Å². The predicted molar refractivity (Wildman–Crippen MR) is 62.2 cm³/mol. The van der Waals surface area contributed by atoms with Crippen molar-refractivity contribution in [1.82, 2.24) is 0 Å². The van der Waals surface area contributed by atoms with Crippen LogP contribution in [0.15, 0.2) is 24.3 Å². The molecule has 3 nitrogen and oxygen atoms in total. The van der Waals surface area contributed by atoms with E-state index in [1.807, 2.05) is 12.1 Å². The van der Waals surface area contributed by atoms with Crippen LogP contribution in [0.2, 0.25) is 0 Å². The third-order valence-electron chi connectivity index (χ3n) is 4.13. The normalized spacial score (nSPS) is 33.1. The van der Waals surface area contributed by atoms with E-state index in [1.165, 1.54) is 5.56 Å². The number of hydrogen-bond donors (Lipinski definition) is 0. The summed E-state index contributed by atoms with van der Waals surface area (Å²) in [6, 6.07) is 7.26. The van der Waals surface area contributed by atoms with Gasteiger partial charge in [-0.05, 0) is 49.3 Å². The first-order chi connectivity index (χ1) is 8.27. The minimum atomic E-state index is -0.00499. The van der Waals surface area contributed by atoms with Crippen molar-refractivity contribution in [2.45, 2.75) is 43.6 Å². The Morgan fingerprint density at radius 2 is 1.76 bits per heavy atom. The Bertz CT molecular complexity index is 369. The van der Waals surface area contributed by atoms with Crippen molar-refractivity contribution in [2.75, 3.05) is 6.61 Å². The zero-order chi connectivity index (χ0) is 11.7. The molecule has 1 aromatic carbocycles. The lowest BCUT2D eigenvalue weighted by atomic mass is 9.75. The number of hydrogen-bond acceptors (Lipinski definition) is 2. The Kier molecular flexibility index (Phi) is 2.81. The van der Waals surface area contributed by atoms with Crippen LogP contribution < -0.4 is 0 Å². The maximum absolute atomic E-state index is 11.1. The lowest BCUT2D eigenvalue weighted by Gasteiger charge is -2.34. The highest BCUT2D eigenvalue weighted by atomic mass is 17.2. The molecular formula is C14H17O3. The molecule has 1 saturated heterocycles. The first-order valence-electron chi connectivity index (χ1n) is 6.35. The van der Waals surface area contributed by atoms with Gasteiger partial charge >= 0.3 is 0 Å². The maximum Gasteiger partial charge on any atom is 0.178 e. The quantitative estimate of drug-likeness (QED) is 0.695. The monoisotopic (exact) mass is 233 g/mol. The van der Waals surface area contributed by atoms with Gasteiger partial charge in [0.25, 0.3) is 0 Å². The van der Waals surface area contributed by atoms with Gasteiger partial charge in [0.15, 0.2) is 5.75 Å². The standard InChI is InChI=1S/C14H17O3/c15-13-3-1-11(2-4-13)12-5-7-14(8-6-12)9-10-16-17-14/h1-4,12H,5-10H2. The molecule has 0 unspecified atom stereocenters. The van der Waals surface area contributed by atoms with E-state index in [0.717, 1.165) is 38.7 Å². The number of benzene rings is 1. The molecule has 1 radical (unpaired) electrons. The van der Waals surface area contributed by atoms with Crippen LogP contribution in [0.1, 0.15) is 43.6 Å². The molecule has 2 aliphatic rings. The average Bonchev–Trinajstić information content (AvgIpc) is 2.80. The molecule has 0 N–H and O–H groups in total. The predicted octanol–water partition coefficient (Wildman–Crippen LogP) is 3.58. The molecule has 91 valence electrons. The van der Waals surface area contributed by atoms with Crippen LogP contribution >= 0.6 is 0 Å². The summed E-state index contributed by atoms with van der Waals surface area (Å²) in [6.45, 7) is 0.732. The molecular weight excluding hydrogens is 216 g/mol. The topological polar surface area (TPSA) is 38.4 Å². The van der Waals surface area contributed by atoms with E-state index in [-0.39, 0.29) is 11.4 Å². The van der Waals surface area contributed by atoms with Gasteiger partial charge in [-0.1, -0.05) is 12.1 Å². The highest BCUT2D eigenvalue weighted by molar-refractivity contribution is 5.28.